The SMILES string of the molecule is CC#C[C@@H](CC(=O)O)c1ccc(OC2CCc3c(C#N)cccc32)cc1. The van der Waals surface area contributed by atoms with E-state index < -0.39 is 5.97 Å². The molecule has 0 spiro atoms. The minimum absolute atomic E-state index is 0.0199. The molecule has 3 rings (SSSR count). The van der Waals surface area contributed by atoms with Crippen molar-refractivity contribution in [2.75, 3.05) is 0 Å². The molecule has 0 bridgehead atoms. The first-order chi connectivity index (χ1) is 12.6. The Morgan fingerprint density at radius 3 is 2.73 bits per heavy atom. The number of rotatable bonds is 5. The Morgan fingerprint density at radius 1 is 1.31 bits per heavy atom. The molecule has 0 heterocycles. The lowest BCUT2D eigenvalue weighted by atomic mass is 9.96. The molecule has 1 aliphatic carbocycles. The third-order valence-corrected chi connectivity index (χ3v) is 4.59. The molecule has 2 aromatic carbocycles. The van der Waals surface area contributed by atoms with E-state index in [2.05, 4.69) is 17.9 Å². The summed E-state index contributed by atoms with van der Waals surface area (Å²) in [6, 6.07) is 15.4. The number of nitrogens with zero attached hydrogens (tertiary/aromatic N) is 1. The van der Waals surface area contributed by atoms with Crippen molar-refractivity contribution >= 4 is 5.97 Å². The van der Waals surface area contributed by atoms with E-state index in [4.69, 9.17) is 9.84 Å². The summed E-state index contributed by atoms with van der Waals surface area (Å²) in [5.41, 5.74) is 3.75. The van der Waals surface area contributed by atoms with Crippen molar-refractivity contribution in [2.24, 2.45) is 0 Å². The molecule has 0 radical (unpaired) electrons. The van der Waals surface area contributed by atoms with Gasteiger partial charge in [-0.25, -0.2) is 0 Å². The Morgan fingerprint density at radius 2 is 2.08 bits per heavy atom. The van der Waals surface area contributed by atoms with Crippen LogP contribution >= 0.6 is 0 Å². The molecule has 0 amide bonds. The van der Waals surface area contributed by atoms with Gasteiger partial charge in [0.1, 0.15) is 11.9 Å². The normalized spacial score (nSPS) is 15.9. The van der Waals surface area contributed by atoms with Gasteiger partial charge in [0.25, 0.3) is 0 Å². The van der Waals surface area contributed by atoms with Crippen molar-refractivity contribution in [1.82, 2.24) is 0 Å². The summed E-state index contributed by atoms with van der Waals surface area (Å²) in [7, 11) is 0. The number of aliphatic carboxylic acids is 1. The van der Waals surface area contributed by atoms with Crippen LogP contribution in [0.3, 0.4) is 0 Å². The molecule has 0 aromatic heterocycles. The van der Waals surface area contributed by atoms with Crippen LogP contribution in [0.1, 0.15) is 54.0 Å². The van der Waals surface area contributed by atoms with Gasteiger partial charge in [-0.3, -0.25) is 4.79 Å². The first-order valence-corrected chi connectivity index (χ1v) is 8.55. The van der Waals surface area contributed by atoms with Crippen LogP contribution in [-0.2, 0) is 11.2 Å². The maximum Gasteiger partial charge on any atom is 0.304 e. The summed E-state index contributed by atoms with van der Waals surface area (Å²) in [4.78, 5) is 11.0. The van der Waals surface area contributed by atoms with Gasteiger partial charge in [0.15, 0.2) is 0 Å². The number of carbonyl (C=O) groups is 1. The third-order valence-electron chi connectivity index (χ3n) is 4.59. The molecule has 2 aromatic rings. The molecular weight excluding hydrogens is 326 g/mol. The van der Waals surface area contributed by atoms with E-state index in [0.717, 1.165) is 40.8 Å². The van der Waals surface area contributed by atoms with Crippen LogP contribution < -0.4 is 4.74 Å². The molecule has 0 fully saturated rings. The van der Waals surface area contributed by atoms with Gasteiger partial charge in [-0.15, -0.1) is 5.92 Å². The van der Waals surface area contributed by atoms with Crippen molar-refractivity contribution in [2.45, 2.75) is 38.2 Å². The molecular formula is C22H19NO3. The van der Waals surface area contributed by atoms with Gasteiger partial charge in [-0.1, -0.05) is 30.2 Å². The second-order valence-corrected chi connectivity index (χ2v) is 6.24. The molecule has 130 valence electrons. The Labute approximate surface area is 153 Å². The molecule has 0 saturated heterocycles. The average Bonchev–Trinajstić information content (AvgIpc) is 3.05. The first-order valence-electron chi connectivity index (χ1n) is 8.55. The van der Waals surface area contributed by atoms with Gasteiger partial charge in [-0.2, -0.15) is 5.26 Å². The number of benzene rings is 2. The summed E-state index contributed by atoms with van der Waals surface area (Å²) in [5.74, 6) is 5.28. The van der Waals surface area contributed by atoms with Gasteiger partial charge < -0.3 is 9.84 Å². The first kappa shape index (κ1) is 17.6. The van der Waals surface area contributed by atoms with E-state index in [1.807, 2.05) is 42.5 Å². The van der Waals surface area contributed by atoms with Gasteiger partial charge in [-0.05, 0) is 54.7 Å². The number of carboxylic acids is 1. The van der Waals surface area contributed by atoms with E-state index in [-0.39, 0.29) is 18.4 Å². The maximum atomic E-state index is 11.0. The zero-order valence-electron chi connectivity index (χ0n) is 14.5. The van der Waals surface area contributed by atoms with E-state index >= 15 is 0 Å². The number of nitriles is 1. The Bertz CT molecular complexity index is 913. The summed E-state index contributed by atoms with van der Waals surface area (Å²) in [6.45, 7) is 1.71. The average molecular weight is 345 g/mol. The standard InChI is InChI=1S/C22H19NO3/c1-2-4-16(13-22(24)25)15-7-9-18(10-8-15)26-21-12-11-19-17(14-23)5-3-6-20(19)21/h3,5-10,16,21H,11-13H2,1H3,(H,24,25)/t16-,21?/m0/s1. The maximum absolute atomic E-state index is 11.0. The predicted octanol–water partition coefficient (Wildman–Crippen LogP) is 4.21. The molecule has 1 aliphatic rings. The van der Waals surface area contributed by atoms with Crippen molar-refractivity contribution in [3.63, 3.8) is 0 Å². The van der Waals surface area contributed by atoms with Gasteiger partial charge >= 0.3 is 5.97 Å². The second kappa shape index (κ2) is 7.76. The Hall–Kier alpha value is -3.24. The minimum atomic E-state index is -0.867. The number of carboxylic acid groups (broad SMARTS) is 1. The van der Waals surface area contributed by atoms with Crippen LogP contribution in [0.4, 0.5) is 0 Å². The van der Waals surface area contributed by atoms with Gasteiger partial charge in [0.2, 0.25) is 0 Å². The van der Waals surface area contributed by atoms with Crippen molar-refractivity contribution in [1.29, 1.82) is 5.26 Å². The van der Waals surface area contributed by atoms with E-state index in [9.17, 15) is 10.1 Å². The predicted molar refractivity (Wildman–Crippen MR) is 97.7 cm³/mol. The van der Waals surface area contributed by atoms with Crippen LogP contribution in [-0.4, -0.2) is 11.1 Å². The smallest absolute Gasteiger partial charge is 0.304 e. The van der Waals surface area contributed by atoms with Crippen molar-refractivity contribution < 1.29 is 14.6 Å². The minimum Gasteiger partial charge on any atom is -0.486 e. The highest BCUT2D eigenvalue weighted by Crippen LogP contribution is 2.36. The van der Waals surface area contributed by atoms with E-state index in [1.54, 1.807) is 6.92 Å². The fourth-order valence-corrected chi connectivity index (χ4v) is 3.39. The topological polar surface area (TPSA) is 70.3 Å². The van der Waals surface area contributed by atoms with Crippen LogP contribution in [0.2, 0.25) is 0 Å². The van der Waals surface area contributed by atoms with Crippen molar-refractivity contribution in [3.05, 3.63) is 64.7 Å². The highest BCUT2D eigenvalue weighted by molar-refractivity contribution is 5.69. The quantitative estimate of drug-likeness (QED) is 0.824. The lowest BCUT2D eigenvalue weighted by molar-refractivity contribution is -0.137. The fraction of sp³-hybridized carbons (Fsp3) is 0.273. The number of fused-ring (bicyclic) bond motifs is 1. The number of hydrogen-bond acceptors (Lipinski definition) is 3. The molecule has 1 unspecified atom stereocenters. The molecule has 2 atom stereocenters. The van der Waals surface area contributed by atoms with Gasteiger partial charge in [0, 0.05) is 0 Å². The zero-order valence-corrected chi connectivity index (χ0v) is 14.5. The molecule has 26 heavy (non-hydrogen) atoms. The van der Waals surface area contributed by atoms with E-state index in [0.29, 0.717) is 0 Å². The largest absolute Gasteiger partial charge is 0.486 e. The van der Waals surface area contributed by atoms with E-state index in [1.165, 1.54) is 0 Å². The van der Waals surface area contributed by atoms with Crippen LogP contribution in [0.5, 0.6) is 5.75 Å². The lowest BCUT2D eigenvalue weighted by Crippen LogP contribution is -2.06. The molecule has 0 aliphatic heterocycles. The highest BCUT2D eigenvalue weighted by Gasteiger charge is 2.26. The fourth-order valence-electron chi connectivity index (χ4n) is 3.39. The second-order valence-electron chi connectivity index (χ2n) is 6.24. The van der Waals surface area contributed by atoms with Crippen molar-refractivity contribution in [3.8, 4) is 23.7 Å². The molecule has 0 saturated carbocycles. The van der Waals surface area contributed by atoms with Crippen LogP contribution in [0.25, 0.3) is 0 Å². The Balaban J connectivity index is 1.76. The summed E-state index contributed by atoms with van der Waals surface area (Å²) in [6.07, 6.45) is 1.61. The van der Waals surface area contributed by atoms with Crippen LogP contribution in [0.15, 0.2) is 42.5 Å². The number of ether oxygens (including phenoxy) is 1. The highest BCUT2D eigenvalue weighted by atomic mass is 16.5. The Kier molecular flexibility index (Phi) is 5.25. The summed E-state index contributed by atoms with van der Waals surface area (Å²) in [5, 5.41) is 18.3. The van der Waals surface area contributed by atoms with Crippen LogP contribution in [0, 0.1) is 23.2 Å². The lowest BCUT2D eigenvalue weighted by Gasteiger charge is -2.16. The molecule has 1 N–H and O–H groups in total. The summed E-state index contributed by atoms with van der Waals surface area (Å²) < 4.78 is 6.12. The number of hydrogen-bond donors (Lipinski definition) is 1. The summed E-state index contributed by atoms with van der Waals surface area (Å²) >= 11 is 0. The molecule has 4 nitrogen and oxygen atoms in total. The third kappa shape index (κ3) is 3.71. The monoisotopic (exact) mass is 345 g/mol. The zero-order chi connectivity index (χ0) is 18.5. The molecule has 4 heteroatoms. The van der Waals surface area contributed by atoms with Gasteiger partial charge in [0.05, 0.1) is 24.0 Å².